The summed E-state index contributed by atoms with van der Waals surface area (Å²) >= 11 is 0. The van der Waals surface area contributed by atoms with Gasteiger partial charge in [-0.15, -0.1) is 0 Å². The number of nitrogens with zero attached hydrogens (tertiary/aromatic N) is 3. The molecule has 1 aromatic heterocycles. The lowest BCUT2D eigenvalue weighted by Gasteiger charge is -2.32. The molecule has 1 unspecified atom stereocenters. The Hall–Kier alpha value is -3.39. The smallest absolute Gasteiger partial charge is 0.191 e. The quantitative estimate of drug-likeness (QED) is 0.552. The van der Waals surface area contributed by atoms with E-state index in [4.69, 9.17) is 14.2 Å². The minimum atomic E-state index is -0.129. The maximum Gasteiger partial charge on any atom is 0.191 e. The zero-order valence-electron chi connectivity index (χ0n) is 18.0. The second kappa shape index (κ2) is 9.00. The number of benzene rings is 1. The van der Waals surface area contributed by atoms with E-state index in [-0.39, 0.29) is 11.9 Å². The maximum absolute atomic E-state index is 12.8. The first kappa shape index (κ1) is 20.5. The average Bonchev–Trinajstić information content (AvgIpc) is 3.34. The molecule has 4 heterocycles. The van der Waals surface area contributed by atoms with Crippen LogP contribution < -0.4 is 14.8 Å². The molecule has 8 nitrogen and oxygen atoms in total. The molecule has 8 heteroatoms. The molecule has 0 aliphatic carbocycles. The van der Waals surface area contributed by atoms with Gasteiger partial charge in [-0.25, -0.2) is 0 Å². The standard InChI is InChI=1S/C24H26N4O4/c1-30-23-20(32-15-17-6-2-3-12-31-17)8-7-18-22(23)27-21(28-11-10-26-24(18)28)13-19(29)16-5-4-9-25-14-16/h4-5,7-9,13-14,17,27H,2-3,6,10-12,15H2,1H3. The van der Waals surface area contributed by atoms with Crippen molar-refractivity contribution in [1.29, 1.82) is 0 Å². The number of nitrogens with one attached hydrogen (secondary N) is 1. The van der Waals surface area contributed by atoms with Gasteiger partial charge in [-0.05, 0) is 43.5 Å². The van der Waals surface area contributed by atoms with Crippen molar-refractivity contribution in [2.24, 2.45) is 4.99 Å². The Morgan fingerprint density at radius 3 is 3.06 bits per heavy atom. The Bertz CT molecular complexity index is 1060. The Morgan fingerprint density at radius 2 is 2.28 bits per heavy atom. The van der Waals surface area contributed by atoms with Crippen molar-refractivity contribution in [3.05, 3.63) is 59.7 Å². The van der Waals surface area contributed by atoms with Gasteiger partial charge in [0.15, 0.2) is 17.3 Å². The number of hydrogen-bond donors (Lipinski definition) is 1. The number of carbonyl (C=O) groups is 1. The molecule has 2 aromatic rings. The lowest BCUT2D eigenvalue weighted by molar-refractivity contribution is -0.0114. The van der Waals surface area contributed by atoms with Gasteiger partial charge < -0.3 is 24.4 Å². The van der Waals surface area contributed by atoms with Crippen LogP contribution in [-0.4, -0.2) is 61.0 Å². The highest BCUT2D eigenvalue weighted by molar-refractivity contribution is 6.11. The first-order chi connectivity index (χ1) is 15.7. The molecular weight excluding hydrogens is 408 g/mol. The van der Waals surface area contributed by atoms with Crippen molar-refractivity contribution >= 4 is 17.3 Å². The second-order valence-electron chi connectivity index (χ2n) is 7.94. The fraction of sp³-hybridized carbons (Fsp3) is 0.375. The van der Waals surface area contributed by atoms with E-state index in [1.165, 1.54) is 0 Å². The zero-order chi connectivity index (χ0) is 21.9. The summed E-state index contributed by atoms with van der Waals surface area (Å²) in [6.07, 6.45) is 8.16. The van der Waals surface area contributed by atoms with Crippen LogP contribution in [-0.2, 0) is 4.74 Å². The van der Waals surface area contributed by atoms with Gasteiger partial charge in [0.25, 0.3) is 0 Å². The average molecular weight is 434 g/mol. The van der Waals surface area contributed by atoms with Gasteiger partial charge in [-0.2, -0.15) is 0 Å². The predicted molar refractivity (Wildman–Crippen MR) is 120 cm³/mol. The van der Waals surface area contributed by atoms with Crippen molar-refractivity contribution in [2.45, 2.75) is 25.4 Å². The van der Waals surface area contributed by atoms with E-state index in [9.17, 15) is 4.79 Å². The molecule has 1 fully saturated rings. The number of pyridine rings is 1. The molecule has 0 bridgehead atoms. The molecule has 1 N–H and O–H groups in total. The molecule has 0 radical (unpaired) electrons. The number of rotatable bonds is 6. The topological polar surface area (TPSA) is 85.3 Å². The summed E-state index contributed by atoms with van der Waals surface area (Å²) in [5.41, 5.74) is 2.20. The second-order valence-corrected chi connectivity index (χ2v) is 7.94. The van der Waals surface area contributed by atoms with Crippen molar-refractivity contribution in [2.75, 3.05) is 38.7 Å². The molecule has 1 atom stereocenters. The first-order valence-electron chi connectivity index (χ1n) is 11.0. The largest absolute Gasteiger partial charge is 0.491 e. The summed E-state index contributed by atoms with van der Waals surface area (Å²) in [5, 5.41) is 3.40. The van der Waals surface area contributed by atoms with Crippen LogP contribution in [0.5, 0.6) is 11.5 Å². The molecule has 166 valence electrons. The number of hydrogen-bond acceptors (Lipinski definition) is 8. The fourth-order valence-corrected chi connectivity index (χ4v) is 4.25. The molecule has 0 amide bonds. The highest BCUT2D eigenvalue weighted by Gasteiger charge is 2.33. The third-order valence-corrected chi connectivity index (χ3v) is 5.86. The number of carbonyl (C=O) groups excluding carboxylic acids is 1. The van der Waals surface area contributed by atoms with E-state index < -0.39 is 0 Å². The number of methoxy groups -OCH3 is 1. The van der Waals surface area contributed by atoms with Gasteiger partial charge in [0.1, 0.15) is 18.3 Å². The maximum atomic E-state index is 12.8. The molecule has 1 aromatic carbocycles. The number of fused-ring (bicyclic) bond motifs is 3. The summed E-state index contributed by atoms with van der Waals surface area (Å²) in [6.45, 7) is 2.62. The van der Waals surface area contributed by atoms with Crippen molar-refractivity contribution in [3.8, 4) is 11.5 Å². The van der Waals surface area contributed by atoms with E-state index in [1.54, 1.807) is 37.7 Å². The molecule has 5 rings (SSSR count). The van der Waals surface area contributed by atoms with Crippen LogP contribution in [0.2, 0.25) is 0 Å². The number of aliphatic imine (C=N–C) groups is 1. The van der Waals surface area contributed by atoms with Gasteiger partial charge >= 0.3 is 0 Å². The van der Waals surface area contributed by atoms with Crippen molar-refractivity contribution < 1.29 is 19.0 Å². The number of ketones is 1. The van der Waals surface area contributed by atoms with Crippen LogP contribution in [0.3, 0.4) is 0 Å². The van der Waals surface area contributed by atoms with Gasteiger partial charge in [0.05, 0.1) is 25.4 Å². The lowest BCUT2D eigenvalue weighted by Crippen LogP contribution is -2.36. The Morgan fingerprint density at radius 1 is 1.34 bits per heavy atom. The Labute approximate surface area is 186 Å². The lowest BCUT2D eigenvalue weighted by atomic mass is 10.1. The summed E-state index contributed by atoms with van der Waals surface area (Å²) < 4.78 is 17.6. The molecule has 32 heavy (non-hydrogen) atoms. The molecule has 0 spiro atoms. The van der Waals surface area contributed by atoms with Crippen LogP contribution in [0, 0.1) is 0 Å². The highest BCUT2D eigenvalue weighted by atomic mass is 16.5. The van der Waals surface area contributed by atoms with Crippen LogP contribution >= 0.6 is 0 Å². The van der Waals surface area contributed by atoms with Crippen molar-refractivity contribution in [1.82, 2.24) is 9.88 Å². The third kappa shape index (κ3) is 3.93. The van der Waals surface area contributed by atoms with Gasteiger partial charge in [-0.1, -0.05) is 0 Å². The van der Waals surface area contributed by atoms with E-state index in [0.29, 0.717) is 42.6 Å². The van der Waals surface area contributed by atoms with E-state index in [2.05, 4.69) is 15.3 Å². The van der Waals surface area contributed by atoms with Crippen LogP contribution in [0.15, 0.2) is 53.5 Å². The molecule has 3 aliphatic rings. The van der Waals surface area contributed by atoms with E-state index in [1.807, 2.05) is 17.0 Å². The number of amidine groups is 1. The zero-order valence-corrected chi connectivity index (χ0v) is 18.0. The summed E-state index contributed by atoms with van der Waals surface area (Å²) in [6, 6.07) is 7.40. The van der Waals surface area contributed by atoms with E-state index >= 15 is 0 Å². The number of ether oxygens (including phenoxy) is 3. The molecule has 1 saturated heterocycles. The highest BCUT2D eigenvalue weighted by Crippen LogP contribution is 2.43. The predicted octanol–water partition coefficient (Wildman–Crippen LogP) is 3.25. The molecule has 3 aliphatic heterocycles. The minimum Gasteiger partial charge on any atom is -0.491 e. The minimum absolute atomic E-state index is 0.0970. The Kier molecular flexibility index (Phi) is 5.77. The van der Waals surface area contributed by atoms with Crippen LogP contribution in [0.1, 0.15) is 35.2 Å². The number of anilines is 1. The SMILES string of the molecule is COc1c(OCC2CCCCO2)ccc2c1NC(=CC(=O)c1cccnc1)N1CCN=C21. The first-order valence-corrected chi connectivity index (χ1v) is 11.0. The van der Waals surface area contributed by atoms with Gasteiger partial charge in [0.2, 0.25) is 0 Å². The van der Waals surface area contributed by atoms with Crippen molar-refractivity contribution in [3.63, 3.8) is 0 Å². The Balaban J connectivity index is 1.45. The third-order valence-electron chi connectivity index (χ3n) is 5.86. The molecule has 0 saturated carbocycles. The van der Waals surface area contributed by atoms with Gasteiger partial charge in [0, 0.05) is 42.7 Å². The monoisotopic (exact) mass is 434 g/mol. The fourth-order valence-electron chi connectivity index (χ4n) is 4.25. The molecular formula is C24H26N4O4. The number of allylic oxidation sites excluding steroid dienone is 1. The van der Waals surface area contributed by atoms with Gasteiger partial charge in [-0.3, -0.25) is 14.8 Å². The summed E-state index contributed by atoms with van der Waals surface area (Å²) in [4.78, 5) is 23.6. The van der Waals surface area contributed by atoms with E-state index in [0.717, 1.165) is 43.0 Å². The normalized spacial score (nSPS) is 20.8. The summed E-state index contributed by atoms with van der Waals surface area (Å²) in [5.74, 6) is 2.58. The van der Waals surface area contributed by atoms with Crippen LogP contribution in [0.4, 0.5) is 5.69 Å². The van der Waals surface area contributed by atoms with Crippen LogP contribution in [0.25, 0.3) is 0 Å². The number of aromatic nitrogens is 1. The summed E-state index contributed by atoms with van der Waals surface area (Å²) in [7, 11) is 1.62.